The predicted molar refractivity (Wildman–Crippen MR) is 160 cm³/mol. The molecule has 36 heavy (non-hydrogen) atoms. The van der Waals surface area contributed by atoms with Crippen molar-refractivity contribution in [3.8, 4) is 0 Å². The third-order valence-electron chi connectivity index (χ3n) is 7.30. The highest BCUT2D eigenvalue weighted by molar-refractivity contribution is 5.69. The molecule has 0 spiro atoms. The van der Waals surface area contributed by atoms with Gasteiger partial charge in [-0.2, -0.15) is 0 Å². The number of nitrogens with zero attached hydrogens (tertiary/aromatic N) is 1. The molecule has 0 radical (unpaired) electrons. The van der Waals surface area contributed by atoms with Crippen LogP contribution in [0.2, 0.25) is 0 Å². The molecule has 0 rings (SSSR count). The van der Waals surface area contributed by atoms with Crippen molar-refractivity contribution in [3.05, 3.63) is 12.2 Å². The van der Waals surface area contributed by atoms with Crippen molar-refractivity contribution < 1.29 is 9.53 Å². The first kappa shape index (κ1) is 35.2. The number of rotatable bonds is 28. The Balaban J connectivity index is 3.42. The molecule has 0 saturated heterocycles. The Morgan fingerprint density at radius 1 is 0.639 bits per heavy atom. The summed E-state index contributed by atoms with van der Waals surface area (Å²) in [6.07, 6.45) is 35.1. The Bertz CT molecular complexity index is 474. The summed E-state index contributed by atoms with van der Waals surface area (Å²) in [5, 5.41) is 0. The largest absolute Gasteiger partial charge is 0.466 e. The van der Waals surface area contributed by atoms with Crippen molar-refractivity contribution in [3.63, 3.8) is 0 Å². The Labute approximate surface area is 227 Å². The highest BCUT2D eigenvalue weighted by atomic mass is 16.5. The normalized spacial score (nSPS) is 12.6. The third-order valence-corrected chi connectivity index (χ3v) is 7.30. The summed E-state index contributed by atoms with van der Waals surface area (Å²) in [6, 6.07) is 0. The Hall–Kier alpha value is -0.830. The number of carbonyl (C=O) groups is 1. The van der Waals surface area contributed by atoms with Gasteiger partial charge in [-0.3, -0.25) is 4.79 Å². The van der Waals surface area contributed by atoms with Gasteiger partial charge in [-0.05, 0) is 71.9 Å². The number of unbranched alkanes of at least 4 members (excludes halogenated alkanes) is 17. The summed E-state index contributed by atoms with van der Waals surface area (Å²) in [5.41, 5.74) is 0. The van der Waals surface area contributed by atoms with Crippen LogP contribution in [0.15, 0.2) is 12.2 Å². The molecule has 0 aliphatic carbocycles. The van der Waals surface area contributed by atoms with Crippen LogP contribution >= 0.6 is 0 Å². The second-order valence-electron chi connectivity index (χ2n) is 11.3. The fraction of sp³-hybridized carbons (Fsp3) is 0.909. The van der Waals surface area contributed by atoms with Gasteiger partial charge in [0, 0.05) is 13.0 Å². The van der Waals surface area contributed by atoms with E-state index < -0.39 is 0 Å². The van der Waals surface area contributed by atoms with Crippen LogP contribution in [0.3, 0.4) is 0 Å². The van der Waals surface area contributed by atoms with Crippen molar-refractivity contribution >= 4 is 5.97 Å². The van der Waals surface area contributed by atoms with E-state index >= 15 is 0 Å². The Morgan fingerprint density at radius 3 is 1.56 bits per heavy atom. The van der Waals surface area contributed by atoms with Crippen LogP contribution in [0.5, 0.6) is 0 Å². The van der Waals surface area contributed by atoms with Gasteiger partial charge in [0.25, 0.3) is 0 Å². The fourth-order valence-electron chi connectivity index (χ4n) is 5.17. The molecule has 0 aliphatic rings. The topological polar surface area (TPSA) is 29.5 Å². The van der Waals surface area contributed by atoms with E-state index in [4.69, 9.17) is 4.74 Å². The monoisotopic (exact) mass is 508 g/mol. The van der Waals surface area contributed by atoms with Crippen LogP contribution in [-0.2, 0) is 9.53 Å². The summed E-state index contributed by atoms with van der Waals surface area (Å²) in [6.45, 7) is 5.95. The lowest BCUT2D eigenvalue weighted by Gasteiger charge is -2.21. The van der Waals surface area contributed by atoms with E-state index in [1.807, 2.05) is 6.92 Å². The lowest BCUT2D eigenvalue weighted by atomic mass is 9.93. The average Bonchev–Trinajstić information content (AvgIpc) is 2.85. The van der Waals surface area contributed by atoms with Gasteiger partial charge in [0.2, 0.25) is 0 Å². The van der Waals surface area contributed by atoms with Crippen molar-refractivity contribution in [1.29, 1.82) is 0 Å². The molecule has 0 heterocycles. The van der Waals surface area contributed by atoms with Crippen LogP contribution in [0.25, 0.3) is 0 Å². The zero-order valence-electron chi connectivity index (χ0n) is 25.2. The molecular formula is C33H65NO2. The van der Waals surface area contributed by atoms with Gasteiger partial charge in [-0.25, -0.2) is 0 Å². The molecule has 1 unspecified atom stereocenters. The van der Waals surface area contributed by atoms with Gasteiger partial charge in [-0.1, -0.05) is 115 Å². The average molecular weight is 508 g/mol. The molecule has 3 nitrogen and oxygen atoms in total. The lowest BCUT2D eigenvalue weighted by Crippen LogP contribution is -2.21. The molecule has 0 aliphatic heterocycles. The van der Waals surface area contributed by atoms with Gasteiger partial charge < -0.3 is 9.64 Å². The van der Waals surface area contributed by atoms with Gasteiger partial charge in [-0.15, -0.1) is 0 Å². The van der Waals surface area contributed by atoms with Crippen LogP contribution in [-0.4, -0.2) is 38.1 Å². The van der Waals surface area contributed by atoms with Crippen LogP contribution in [0.1, 0.15) is 162 Å². The molecule has 0 fully saturated rings. The van der Waals surface area contributed by atoms with Crippen LogP contribution in [0, 0.1) is 5.92 Å². The minimum atomic E-state index is -0.0385. The smallest absolute Gasteiger partial charge is 0.305 e. The van der Waals surface area contributed by atoms with Crippen molar-refractivity contribution in [2.75, 3.05) is 27.2 Å². The fourth-order valence-corrected chi connectivity index (χ4v) is 5.17. The second-order valence-corrected chi connectivity index (χ2v) is 11.3. The first-order valence-corrected chi connectivity index (χ1v) is 16.0. The zero-order valence-corrected chi connectivity index (χ0v) is 25.2. The SMILES string of the molecule is CCCCCCCC(CCCCCCCCCC/C=C\CCCCCCCC(=O)OCC)CN(C)C. The number of ether oxygens (including phenoxy) is 1. The second kappa shape index (κ2) is 28.7. The highest BCUT2D eigenvalue weighted by Crippen LogP contribution is 2.20. The minimum Gasteiger partial charge on any atom is -0.466 e. The number of esters is 1. The quantitative estimate of drug-likeness (QED) is 0.0599. The van der Waals surface area contributed by atoms with Crippen molar-refractivity contribution in [1.82, 2.24) is 4.90 Å². The van der Waals surface area contributed by atoms with Crippen LogP contribution in [0.4, 0.5) is 0 Å². The molecule has 0 aromatic heterocycles. The minimum absolute atomic E-state index is 0.0385. The summed E-state index contributed by atoms with van der Waals surface area (Å²) in [5.74, 6) is 0.876. The van der Waals surface area contributed by atoms with Gasteiger partial charge in [0.15, 0.2) is 0 Å². The van der Waals surface area contributed by atoms with E-state index in [2.05, 4.69) is 38.1 Å². The molecule has 0 bridgehead atoms. The van der Waals surface area contributed by atoms with E-state index in [-0.39, 0.29) is 5.97 Å². The van der Waals surface area contributed by atoms with E-state index in [1.165, 1.54) is 135 Å². The molecule has 214 valence electrons. The first-order valence-electron chi connectivity index (χ1n) is 16.0. The van der Waals surface area contributed by atoms with E-state index in [0.717, 1.165) is 18.8 Å². The summed E-state index contributed by atoms with van der Waals surface area (Å²) < 4.78 is 4.96. The molecule has 0 aromatic rings. The summed E-state index contributed by atoms with van der Waals surface area (Å²) in [4.78, 5) is 13.7. The van der Waals surface area contributed by atoms with E-state index in [1.54, 1.807) is 0 Å². The number of carbonyl (C=O) groups excluding carboxylic acids is 1. The predicted octanol–water partition coefficient (Wildman–Crippen LogP) is 10.3. The van der Waals surface area contributed by atoms with Gasteiger partial charge in [0.05, 0.1) is 6.61 Å². The van der Waals surface area contributed by atoms with Crippen LogP contribution < -0.4 is 0 Å². The van der Waals surface area contributed by atoms with E-state index in [0.29, 0.717) is 13.0 Å². The highest BCUT2D eigenvalue weighted by Gasteiger charge is 2.09. The molecule has 0 N–H and O–H groups in total. The maximum Gasteiger partial charge on any atom is 0.305 e. The standard InChI is InChI=1S/C33H65NO2/c1-5-7-8-22-25-28-32(31-34(3)4)29-26-23-20-18-16-14-12-10-9-11-13-15-17-19-21-24-27-30-33(35)36-6-2/h11,13,32H,5-10,12,14-31H2,1-4H3/b13-11-. The zero-order chi connectivity index (χ0) is 26.5. The Kier molecular flexibility index (Phi) is 28.1. The number of hydrogen-bond acceptors (Lipinski definition) is 3. The lowest BCUT2D eigenvalue weighted by molar-refractivity contribution is -0.143. The summed E-state index contributed by atoms with van der Waals surface area (Å²) in [7, 11) is 4.47. The van der Waals surface area contributed by atoms with Gasteiger partial charge >= 0.3 is 5.97 Å². The first-order chi connectivity index (χ1) is 17.6. The maximum absolute atomic E-state index is 11.3. The van der Waals surface area contributed by atoms with E-state index in [9.17, 15) is 4.79 Å². The molecule has 3 heteroatoms. The number of allylic oxidation sites excluding steroid dienone is 2. The molecular weight excluding hydrogens is 442 g/mol. The Morgan fingerprint density at radius 2 is 1.08 bits per heavy atom. The third kappa shape index (κ3) is 27.8. The maximum atomic E-state index is 11.3. The van der Waals surface area contributed by atoms with Crippen molar-refractivity contribution in [2.24, 2.45) is 5.92 Å². The van der Waals surface area contributed by atoms with Crippen molar-refractivity contribution in [2.45, 2.75) is 162 Å². The molecule has 0 saturated carbocycles. The number of hydrogen-bond donors (Lipinski definition) is 0. The molecule has 0 aromatic carbocycles. The summed E-state index contributed by atoms with van der Waals surface area (Å²) >= 11 is 0. The molecule has 0 amide bonds. The molecule has 1 atom stereocenters. The van der Waals surface area contributed by atoms with Gasteiger partial charge in [0.1, 0.15) is 0 Å².